The molecule has 0 saturated heterocycles. The Kier molecular flexibility index (Phi) is 11.1. The van der Waals surface area contributed by atoms with Crippen molar-refractivity contribution in [1.82, 2.24) is 0 Å². The number of aliphatic carboxylic acids is 2. The molecule has 3 aromatic rings. The van der Waals surface area contributed by atoms with Crippen molar-refractivity contribution in [2.24, 2.45) is 11.3 Å². The van der Waals surface area contributed by atoms with Crippen LogP contribution in [-0.2, 0) is 9.59 Å². The number of carboxylic acid groups (broad SMARTS) is 2. The second kappa shape index (κ2) is 14.0. The van der Waals surface area contributed by atoms with Crippen molar-refractivity contribution in [3.8, 4) is 22.3 Å². The lowest BCUT2D eigenvalue weighted by atomic mass is 9.70. The molecule has 0 amide bonds. The van der Waals surface area contributed by atoms with E-state index < -0.39 is 11.9 Å². The Bertz CT molecular complexity index is 1070. The smallest absolute Gasteiger partial charge is 0.303 e. The van der Waals surface area contributed by atoms with Gasteiger partial charge in [0.15, 0.2) is 0 Å². The summed E-state index contributed by atoms with van der Waals surface area (Å²) < 4.78 is 0. The van der Waals surface area contributed by atoms with Gasteiger partial charge in [0.25, 0.3) is 5.97 Å². The maximum atomic E-state index is 10.7. The van der Waals surface area contributed by atoms with Crippen LogP contribution in [0.25, 0.3) is 22.3 Å². The number of allylic oxidation sites excluding steroid dienone is 2. The molecule has 0 fully saturated rings. The highest BCUT2D eigenvalue weighted by Gasteiger charge is 2.32. The van der Waals surface area contributed by atoms with Crippen LogP contribution in [0.4, 0.5) is 0 Å². The average Bonchev–Trinajstić information content (AvgIpc) is 2.85. The standard InChI is InChI=1S/C18H14.C12H20O2.C2H4O2/c1-3-9-15(10-4-1)17-13-7-8-14-18(17)16-11-5-2-6-12-16;1-9-4-6-10(7-5-9)12(2,3)8-11(13)14;1-2(3)4/h1-14H;4,10H,5-8H2,1-3H3,(H,13,14);1H3,(H,3,4). The Hall–Kier alpha value is -3.66. The van der Waals surface area contributed by atoms with Gasteiger partial charge in [-0.3, -0.25) is 9.59 Å². The van der Waals surface area contributed by atoms with Crippen molar-refractivity contribution < 1.29 is 19.8 Å². The van der Waals surface area contributed by atoms with Gasteiger partial charge in [-0.05, 0) is 59.8 Å². The fourth-order valence-electron chi connectivity index (χ4n) is 4.43. The molecule has 4 rings (SSSR count). The molecule has 1 aliphatic carbocycles. The monoisotopic (exact) mass is 486 g/mol. The van der Waals surface area contributed by atoms with E-state index in [1.54, 1.807) is 0 Å². The minimum atomic E-state index is -0.833. The third-order valence-electron chi connectivity index (χ3n) is 6.45. The molecule has 1 atom stereocenters. The fourth-order valence-corrected chi connectivity index (χ4v) is 4.43. The maximum absolute atomic E-state index is 10.7. The first-order valence-electron chi connectivity index (χ1n) is 12.4. The first kappa shape index (κ1) is 28.6. The lowest BCUT2D eigenvalue weighted by Gasteiger charge is -2.35. The number of hydrogen-bond acceptors (Lipinski definition) is 2. The van der Waals surface area contributed by atoms with E-state index in [1.165, 1.54) is 27.8 Å². The van der Waals surface area contributed by atoms with Crippen molar-refractivity contribution in [3.05, 3.63) is 96.6 Å². The SMILES string of the molecule is CC(=O)O.CC1=CCC(C(C)(C)CC(=O)O)CC1.c1ccc(-c2ccccc2-c2ccccc2)cc1. The zero-order chi connectivity index (χ0) is 26.6. The second-order valence-corrected chi connectivity index (χ2v) is 9.88. The maximum Gasteiger partial charge on any atom is 0.303 e. The average molecular weight is 487 g/mol. The van der Waals surface area contributed by atoms with Crippen molar-refractivity contribution in [1.29, 1.82) is 0 Å². The third-order valence-corrected chi connectivity index (χ3v) is 6.45. The number of carboxylic acids is 2. The summed E-state index contributed by atoms with van der Waals surface area (Å²) >= 11 is 0. The van der Waals surface area contributed by atoms with Crippen LogP contribution in [0.3, 0.4) is 0 Å². The van der Waals surface area contributed by atoms with Gasteiger partial charge in [0.1, 0.15) is 0 Å². The summed E-state index contributed by atoms with van der Waals surface area (Å²) in [7, 11) is 0. The molecule has 0 spiro atoms. The highest BCUT2D eigenvalue weighted by molar-refractivity contribution is 5.83. The number of rotatable bonds is 5. The molecule has 0 heterocycles. The van der Waals surface area contributed by atoms with E-state index in [0.29, 0.717) is 5.92 Å². The molecule has 4 heteroatoms. The largest absolute Gasteiger partial charge is 0.481 e. The zero-order valence-corrected chi connectivity index (χ0v) is 21.8. The highest BCUT2D eigenvalue weighted by atomic mass is 16.4. The van der Waals surface area contributed by atoms with Crippen LogP contribution in [-0.4, -0.2) is 22.2 Å². The van der Waals surface area contributed by atoms with E-state index in [0.717, 1.165) is 26.2 Å². The fraction of sp³-hybridized carbons (Fsp3) is 0.312. The van der Waals surface area contributed by atoms with Crippen LogP contribution >= 0.6 is 0 Å². The van der Waals surface area contributed by atoms with Gasteiger partial charge in [0, 0.05) is 6.92 Å². The first-order chi connectivity index (χ1) is 17.1. The van der Waals surface area contributed by atoms with Crippen LogP contribution in [0.2, 0.25) is 0 Å². The molecule has 0 saturated carbocycles. The molecule has 0 bridgehead atoms. The molecular weight excluding hydrogens is 448 g/mol. The van der Waals surface area contributed by atoms with Crippen molar-refractivity contribution in [3.63, 3.8) is 0 Å². The normalized spacial score (nSPS) is 14.8. The molecular formula is C32H38O4. The van der Waals surface area contributed by atoms with Crippen LogP contribution in [0.1, 0.15) is 53.4 Å². The van der Waals surface area contributed by atoms with Gasteiger partial charge in [-0.25, -0.2) is 0 Å². The van der Waals surface area contributed by atoms with E-state index >= 15 is 0 Å². The van der Waals surface area contributed by atoms with Crippen LogP contribution in [0.15, 0.2) is 96.6 Å². The number of benzene rings is 3. The Labute approximate surface area is 215 Å². The predicted molar refractivity (Wildman–Crippen MR) is 148 cm³/mol. The molecule has 0 radical (unpaired) electrons. The highest BCUT2D eigenvalue weighted by Crippen LogP contribution is 2.39. The van der Waals surface area contributed by atoms with Gasteiger partial charge >= 0.3 is 5.97 Å². The molecule has 190 valence electrons. The molecule has 3 aromatic carbocycles. The Morgan fingerprint density at radius 2 is 1.22 bits per heavy atom. The van der Waals surface area contributed by atoms with E-state index in [2.05, 4.69) is 112 Å². The summed E-state index contributed by atoms with van der Waals surface area (Å²) in [5, 5.41) is 16.2. The van der Waals surface area contributed by atoms with Crippen LogP contribution in [0, 0.1) is 11.3 Å². The van der Waals surface area contributed by atoms with Gasteiger partial charge in [-0.1, -0.05) is 110 Å². The Morgan fingerprint density at radius 1 is 0.806 bits per heavy atom. The minimum Gasteiger partial charge on any atom is -0.481 e. The quantitative estimate of drug-likeness (QED) is 0.355. The number of carbonyl (C=O) groups is 2. The van der Waals surface area contributed by atoms with Crippen molar-refractivity contribution in [2.75, 3.05) is 0 Å². The lowest BCUT2D eigenvalue weighted by molar-refractivity contribution is -0.140. The molecule has 4 nitrogen and oxygen atoms in total. The zero-order valence-electron chi connectivity index (χ0n) is 21.8. The second-order valence-electron chi connectivity index (χ2n) is 9.88. The summed E-state index contributed by atoms with van der Waals surface area (Å²) in [5.74, 6) is -0.983. The van der Waals surface area contributed by atoms with Crippen LogP contribution in [0.5, 0.6) is 0 Å². The Balaban J connectivity index is 0.000000227. The summed E-state index contributed by atoms with van der Waals surface area (Å²) in [6.07, 6.45) is 5.87. The van der Waals surface area contributed by atoms with Gasteiger partial charge in [-0.2, -0.15) is 0 Å². The molecule has 1 aliphatic rings. The van der Waals surface area contributed by atoms with E-state index in [-0.39, 0.29) is 11.8 Å². The number of hydrogen-bond donors (Lipinski definition) is 2. The molecule has 36 heavy (non-hydrogen) atoms. The first-order valence-corrected chi connectivity index (χ1v) is 12.4. The molecule has 0 aliphatic heterocycles. The van der Waals surface area contributed by atoms with Crippen LogP contribution < -0.4 is 0 Å². The van der Waals surface area contributed by atoms with Gasteiger partial charge in [0.2, 0.25) is 0 Å². The summed E-state index contributed by atoms with van der Waals surface area (Å²) in [5.41, 5.74) is 6.47. The van der Waals surface area contributed by atoms with Gasteiger partial charge < -0.3 is 10.2 Å². The van der Waals surface area contributed by atoms with E-state index in [9.17, 15) is 4.79 Å². The van der Waals surface area contributed by atoms with Crippen molar-refractivity contribution >= 4 is 11.9 Å². The minimum absolute atomic E-state index is 0.0664. The third kappa shape index (κ3) is 9.53. The summed E-state index contributed by atoms with van der Waals surface area (Å²) in [6.45, 7) is 7.38. The summed E-state index contributed by atoms with van der Waals surface area (Å²) in [4.78, 5) is 19.7. The lowest BCUT2D eigenvalue weighted by Crippen LogP contribution is -2.28. The Morgan fingerprint density at radius 3 is 1.58 bits per heavy atom. The molecule has 1 unspecified atom stereocenters. The van der Waals surface area contributed by atoms with E-state index in [4.69, 9.17) is 15.0 Å². The molecule has 2 N–H and O–H groups in total. The van der Waals surface area contributed by atoms with Gasteiger partial charge in [0.05, 0.1) is 6.42 Å². The molecule has 0 aromatic heterocycles. The van der Waals surface area contributed by atoms with E-state index in [1.807, 2.05) is 0 Å². The van der Waals surface area contributed by atoms with Crippen molar-refractivity contribution in [2.45, 2.75) is 53.4 Å². The predicted octanol–water partition coefficient (Wildman–Crippen LogP) is 8.35. The van der Waals surface area contributed by atoms with Gasteiger partial charge in [-0.15, -0.1) is 0 Å². The topological polar surface area (TPSA) is 74.6 Å². The summed E-state index contributed by atoms with van der Waals surface area (Å²) in [6, 6.07) is 29.6.